The van der Waals surface area contributed by atoms with Crippen molar-refractivity contribution < 1.29 is 28.2 Å². The molecule has 0 aliphatic carbocycles. The average molecular weight is 455 g/mol. The van der Waals surface area contributed by atoms with Crippen LogP contribution in [0, 0.1) is 5.82 Å². The first-order chi connectivity index (χ1) is 16.0. The first kappa shape index (κ1) is 22.1. The van der Waals surface area contributed by atoms with E-state index in [0.717, 1.165) is 5.56 Å². The van der Waals surface area contributed by atoms with Crippen molar-refractivity contribution in [3.8, 4) is 0 Å². The highest BCUT2D eigenvalue weighted by Crippen LogP contribution is 2.28. The number of ether oxygens (including phenoxy) is 2. The molecule has 0 saturated carbocycles. The monoisotopic (exact) mass is 455 g/mol. The molecule has 0 radical (unpaired) electrons. The van der Waals surface area contributed by atoms with Crippen molar-refractivity contribution in [3.63, 3.8) is 0 Å². The minimum absolute atomic E-state index is 0.0634. The van der Waals surface area contributed by atoms with Crippen molar-refractivity contribution >= 4 is 36.3 Å². The second kappa shape index (κ2) is 9.98. The van der Waals surface area contributed by atoms with E-state index < -0.39 is 24.1 Å². The van der Waals surface area contributed by atoms with Crippen molar-refractivity contribution in [1.82, 2.24) is 10.3 Å². The predicted octanol–water partition coefficient (Wildman–Crippen LogP) is 2.30. The minimum Gasteiger partial charge on any atom is -0.445 e. The molecule has 0 unspecified atom stereocenters. The van der Waals surface area contributed by atoms with Crippen LogP contribution < -0.4 is 15.1 Å². The molecular formula is C22H22FN5O5. The molecule has 2 aliphatic rings. The maximum Gasteiger partial charge on any atom is 0.414 e. The van der Waals surface area contributed by atoms with Crippen LogP contribution >= 0.6 is 0 Å². The van der Waals surface area contributed by atoms with Crippen LogP contribution in [0.1, 0.15) is 5.56 Å². The summed E-state index contributed by atoms with van der Waals surface area (Å²) in [7, 11) is 0. The van der Waals surface area contributed by atoms with Crippen LogP contribution in [-0.4, -0.2) is 62.2 Å². The van der Waals surface area contributed by atoms with Crippen LogP contribution in [0.5, 0.6) is 0 Å². The number of hydrogen-bond donors (Lipinski definition) is 1. The first-order valence-corrected chi connectivity index (χ1v) is 10.3. The SMILES string of the molecule is O=CN1CCN(c2ccc(N3C[C@H](CNC(=O)OCc4ccccc4)OC3=O)cc2F)C=N1. The fourth-order valence-electron chi connectivity index (χ4n) is 3.42. The minimum atomic E-state index is -0.632. The summed E-state index contributed by atoms with van der Waals surface area (Å²) in [6.45, 7) is 1.06. The number of rotatable bonds is 7. The number of amides is 3. The van der Waals surface area contributed by atoms with Gasteiger partial charge in [0.25, 0.3) is 0 Å². The summed E-state index contributed by atoms with van der Waals surface area (Å²) < 4.78 is 25.1. The third kappa shape index (κ3) is 5.37. The van der Waals surface area contributed by atoms with Gasteiger partial charge in [0.1, 0.15) is 24.9 Å². The fourth-order valence-corrected chi connectivity index (χ4v) is 3.42. The zero-order valence-corrected chi connectivity index (χ0v) is 17.6. The molecule has 33 heavy (non-hydrogen) atoms. The van der Waals surface area contributed by atoms with E-state index >= 15 is 0 Å². The molecule has 1 N–H and O–H groups in total. The lowest BCUT2D eigenvalue weighted by Crippen LogP contribution is -2.37. The summed E-state index contributed by atoms with van der Waals surface area (Å²) in [6, 6.07) is 13.6. The number of benzene rings is 2. The zero-order valence-electron chi connectivity index (χ0n) is 17.6. The van der Waals surface area contributed by atoms with Crippen LogP contribution in [0.4, 0.5) is 25.4 Å². The topological polar surface area (TPSA) is 104 Å². The van der Waals surface area contributed by atoms with Crippen molar-refractivity contribution in [2.45, 2.75) is 12.7 Å². The van der Waals surface area contributed by atoms with E-state index in [0.29, 0.717) is 25.2 Å². The largest absolute Gasteiger partial charge is 0.445 e. The first-order valence-electron chi connectivity index (χ1n) is 10.3. The van der Waals surface area contributed by atoms with Gasteiger partial charge in [-0.2, -0.15) is 5.10 Å². The van der Waals surface area contributed by atoms with Crippen LogP contribution in [0.3, 0.4) is 0 Å². The Bertz CT molecular complexity index is 1050. The summed E-state index contributed by atoms with van der Waals surface area (Å²) in [5.74, 6) is -0.544. The number of cyclic esters (lactones) is 1. The summed E-state index contributed by atoms with van der Waals surface area (Å²) in [5, 5.41) is 7.69. The van der Waals surface area contributed by atoms with Gasteiger partial charge < -0.3 is 19.7 Å². The fraction of sp³-hybridized carbons (Fsp3) is 0.273. The number of halogens is 1. The quantitative estimate of drug-likeness (QED) is 0.643. The number of alkyl carbamates (subject to hydrolysis) is 1. The standard InChI is InChI=1S/C22H22FN5O5/c23-19-10-17(6-7-20(19)26-8-9-27(15-29)25-14-26)28-12-18(33-22(28)31)11-24-21(30)32-13-16-4-2-1-3-5-16/h1-7,10,14-15,18H,8-9,11-13H2,(H,24,30)/t18-/m0/s1. The third-order valence-electron chi connectivity index (χ3n) is 5.14. The normalized spacial score (nSPS) is 17.7. The molecule has 1 saturated heterocycles. The molecule has 4 rings (SSSR count). The highest BCUT2D eigenvalue weighted by atomic mass is 19.1. The molecule has 0 bridgehead atoms. The number of carbonyl (C=O) groups is 3. The second-order valence-corrected chi connectivity index (χ2v) is 7.39. The highest BCUT2D eigenvalue weighted by Gasteiger charge is 2.33. The molecule has 2 aromatic rings. The average Bonchev–Trinajstić information content (AvgIpc) is 3.22. The molecule has 2 aromatic carbocycles. The van der Waals surface area contributed by atoms with Crippen molar-refractivity contribution in [2.75, 3.05) is 36.0 Å². The van der Waals surface area contributed by atoms with Gasteiger partial charge in [0.2, 0.25) is 6.41 Å². The molecule has 11 heteroatoms. The maximum atomic E-state index is 14.7. The predicted molar refractivity (Wildman–Crippen MR) is 117 cm³/mol. The van der Waals surface area contributed by atoms with Gasteiger partial charge in [-0.25, -0.2) is 19.0 Å². The van der Waals surface area contributed by atoms with E-state index in [1.54, 1.807) is 11.0 Å². The van der Waals surface area contributed by atoms with Crippen molar-refractivity contribution in [2.24, 2.45) is 5.10 Å². The van der Waals surface area contributed by atoms with Gasteiger partial charge in [0.05, 0.1) is 31.0 Å². The van der Waals surface area contributed by atoms with Gasteiger partial charge in [-0.3, -0.25) is 9.69 Å². The third-order valence-corrected chi connectivity index (χ3v) is 5.14. The van der Waals surface area contributed by atoms with E-state index in [2.05, 4.69) is 10.4 Å². The molecule has 0 spiro atoms. The van der Waals surface area contributed by atoms with Crippen LogP contribution in [0.2, 0.25) is 0 Å². The number of hydrogen-bond acceptors (Lipinski definition) is 7. The van der Waals surface area contributed by atoms with Crippen molar-refractivity contribution in [1.29, 1.82) is 0 Å². The number of nitrogens with one attached hydrogen (secondary N) is 1. The Morgan fingerprint density at radius 3 is 2.76 bits per heavy atom. The smallest absolute Gasteiger partial charge is 0.414 e. The molecule has 10 nitrogen and oxygen atoms in total. The Balaban J connectivity index is 1.30. The highest BCUT2D eigenvalue weighted by molar-refractivity contribution is 5.90. The molecule has 172 valence electrons. The van der Waals surface area contributed by atoms with Gasteiger partial charge in [-0.05, 0) is 23.8 Å². The molecule has 2 aliphatic heterocycles. The van der Waals surface area contributed by atoms with Crippen LogP contribution in [-0.2, 0) is 20.9 Å². The van der Waals surface area contributed by atoms with E-state index in [9.17, 15) is 18.8 Å². The maximum absolute atomic E-state index is 14.7. The molecule has 1 fully saturated rings. The lowest BCUT2D eigenvalue weighted by Gasteiger charge is -2.27. The van der Waals surface area contributed by atoms with E-state index in [1.807, 2.05) is 30.3 Å². The van der Waals surface area contributed by atoms with Gasteiger partial charge in [0.15, 0.2) is 0 Å². The summed E-state index contributed by atoms with van der Waals surface area (Å²) in [6.07, 6.45) is 0.111. The number of anilines is 2. The van der Waals surface area contributed by atoms with Gasteiger partial charge in [-0.1, -0.05) is 30.3 Å². The molecule has 0 aromatic heterocycles. The zero-order chi connectivity index (χ0) is 23.2. The summed E-state index contributed by atoms with van der Waals surface area (Å²) in [4.78, 5) is 37.8. The molecule has 2 heterocycles. The van der Waals surface area contributed by atoms with E-state index in [4.69, 9.17) is 9.47 Å². The number of nitrogens with zero attached hydrogens (tertiary/aromatic N) is 4. The Morgan fingerprint density at radius 2 is 2.06 bits per heavy atom. The Hall–Kier alpha value is -4.15. The van der Waals surface area contributed by atoms with Crippen molar-refractivity contribution in [3.05, 3.63) is 59.9 Å². The summed E-state index contributed by atoms with van der Waals surface area (Å²) in [5.41, 5.74) is 1.47. The summed E-state index contributed by atoms with van der Waals surface area (Å²) >= 11 is 0. The second-order valence-electron chi connectivity index (χ2n) is 7.39. The van der Waals surface area contributed by atoms with Gasteiger partial charge in [0, 0.05) is 6.54 Å². The Morgan fingerprint density at radius 1 is 1.24 bits per heavy atom. The molecule has 3 amide bonds. The lowest BCUT2D eigenvalue weighted by atomic mass is 10.2. The van der Waals surface area contributed by atoms with Gasteiger partial charge in [-0.15, -0.1) is 0 Å². The molecule has 1 atom stereocenters. The number of carbonyl (C=O) groups excluding carboxylic acids is 3. The van der Waals surface area contributed by atoms with Crippen LogP contribution in [0.15, 0.2) is 53.6 Å². The Kier molecular flexibility index (Phi) is 6.67. The molecular weight excluding hydrogens is 433 g/mol. The lowest BCUT2D eigenvalue weighted by molar-refractivity contribution is -0.118. The van der Waals surface area contributed by atoms with E-state index in [1.165, 1.54) is 28.4 Å². The van der Waals surface area contributed by atoms with Crippen LogP contribution in [0.25, 0.3) is 0 Å². The van der Waals surface area contributed by atoms with Gasteiger partial charge >= 0.3 is 12.2 Å². The number of hydrazone groups is 1. The Labute approximate surface area is 189 Å². The van der Waals surface area contributed by atoms with E-state index in [-0.39, 0.29) is 25.4 Å².